The van der Waals surface area contributed by atoms with Crippen molar-refractivity contribution in [2.75, 3.05) is 18.8 Å². The van der Waals surface area contributed by atoms with Crippen LogP contribution < -0.4 is 5.73 Å². The maximum atomic E-state index is 12.6. The van der Waals surface area contributed by atoms with E-state index in [0.717, 1.165) is 18.5 Å². The third-order valence-electron chi connectivity index (χ3n) is 3.36. The van der Waals surface area contributed by atoms with E-state index >= 15 is 0 Å². The van der Waals surface area contributed by atoms with Crippen molar-refractivity contribution >= 4 is 11.7 Å². The van der Waals surface area contributed by atoms with Crippen LogP contribution in [-0.2, 0) is 11.2 Å². The Morgan fingerprint density at radius 2 is 2.05 bits per heavy atom. The van der Waals surface area contributed by atoms with Gasteiger partial charge in [-0.3, -0.25) is 4.79 Å². The molecule has 2 atom stereocenters. The molecule has 1 saturated heterocycles. The van der Waals surface area contributed by atoms with Gasteiger partial charge in [0.15, 0.2) is 0 Å². The molecule has 0 unspecified atom stereocenters. The molecule has 1 aromatic heterocycles. The molecule has 1 aliphatic rings. The topological polar surface area (TPSA) is 68.5 Å². The Kier molecular flexibility index (Phi) is 4.60. The summed E-state index contributed by atoms with van der Waals surface area (Å²) >= 11 is 0. The van der Waals surface area contributed by atoms with Gasteiger partial charge in [-0.2, -0.15) is 0 Å². The Labute approximate surface area is 120 Å². The number of rotatable bonds is 3. The molecule has 5 nitrogen and oxygen atoms in total. The first-order valence-electron chi connectivity index (χ1n) is 7.20. The SMILES string of the molecule is CCCc1cc(C(=O)N2C[C@@H](C)O[C@@H](C)C2)cc(N)n1. The van der Waals surface area contributed by atoms with Gasteiger partial charge in [-0.25, -0.2) is 4.98 Å². The Balaban J connectivity index is 2.19. The molecule has 0 aliphatic carbocycles. The number of carbonyl (C=O) groups is 1. The number of nitrogen functional groups attached to an aromatic ring is 1. The smallest absolute Gasteiger partial charge is 0.254 e. The van der Waals surface area contributed by atoms with Crippen LogP contribution in [0, 0.1) is 0 Å². The van der Waals surface area contributed by atoms with Crippen molar-refractivity contribution in [3.05, 3.63) is 23.4 Å². The average Bonchev–Trinajstić information content (AvgIpc) is 2.36. The molecule has 2 heterocycles. The van der Waals surface area contributed by atoms with Gasteiger partial charge in [-0.1, -0.05) is 13.3 Å². The minimum atomic E-state index is 0.0125. The number of nitrogens with zero attached hydrogens (tertiary/aromatic N) is 2. The van der Waals surface area contributed by atoms with Crippen molar-refractivity contribution in [1.82, 2.24) is 9.88 Å². The normalized spacial score (nSPS) is 22.9. The lowest BCUT2D eigenvalue weighted by molar-refractivity contribution is -0.0586. The van der Waals surface area contributed by atoms with E-state index in [4.69, 9.17) is 10.5 Å². The summed E-state index contributed by atoms with van der Waals surface area (Å²) in [7, 11) is 0. The Morgan fingerprint density at radius 3 is 2.65 bits per heavy atom. The van der Waals surface area contributed by atoms with Crippen LogP contribution in [0.25, 0.3) is 0 Å². The predicted molar refractivity (Wildman–Crippen MR) is 78.6 cm³/mol. The number of hydrogen-bond donors (Lipinski definition) is 1. The van der Waals surface area contributed by atoms with Crippen molar-refractivity contribution in [2.24, 2.45) is 0 Å². The fraction of sp³-hybridized carbons (Fsp3) is 0.600. The van der Waals surface area contributed by atoms with Crippen molar-refractivity contribution < 1.29 is 9.53 Å². The van der Waals surface area contributed by atoms with E-state index < -0.39 is 0 Å². The highest BCUT2D eigenvalue weighted by molar-refractivity contribution is 5.95. The maximum absolute atomic E-state index is 12.6. The molecule has 1 amide bonds. The zero-order chi connectivity index (χ0) is 14.7. The number of carbonyl (C=O) groups excluding carboxylic acids is 1. The molecule has 0 radical (unpaired) electrons. The zero-order valence-electron chi connectivity index (χ0n) is 12.4. The van der Waals surface area contributed by atoms with Crippen LogP contribution in [0.4, 0.5) is 5.82 Å². The molecule has 2 rings (SSSR count). The van der Waals surface area contributed by atoms with Crippen LogP contribution in [0.3, 0.4) is 0 Å². The molecular formula is C15H23N3O2. The van der Waals surface area contributed by atoms with Crippen LogP contribution in [0.2, 0.25) is 0 Å². The van der Waals surface area contributed by atoms with Crippen LogP contribution in [-0.4, -0.2) is 41.1 Å². The van der Waals surface area contributed by atoms with Gasteiger partial charge in [0.05, 0.1) is 12.2 Å². The highest BCUT2D eigenvalue weighted by Gasteiger charge is 2.26. The molecular weight excluding hydrogens is 254 g/mol. The largest absolute Gasteiger partial charge is 0.384 e. The molecule has 0 aromatic carbocycles. The van der Waals surface area contributed by atoms with Crippen LogP contribution in [0.5, 0.6) is 0 Å². The summed E-state index contributed by atoms with van der Waals surface area (Å²) in [5, 5.41) is 0. The number of pyridine rings is 1. The number of aryl methyl sites for hydroxylation is 1. The van der Waals surface area contributed by atoms with Crippen molar-refractivity contribution in [3.8, 4) is 0 Å². The van der Waals surface area contributed by atoms with E-state index in [1.807, 2.05) is 24.8 Å². The lowest BCUT2D eigenvalue weighted by atomic mass is 10.1. The summed E-state index contributed by atoms with van der Waals surface area (Å²) in [5.41, 5.74) is 7.31. The van der Waals surface area contributed by atoms with Crippen molar-refractivity contribution in [1.29, 1.82) is 0 Å². The van der Waals surface area contributed by atoms with Gasteiger partial charge in [0.2, 0.25) is 0 Å². The first kappa shape index (κ1) is 14.8. The molecule has 1 fully saturated rings. The highest BCUT2D eigenvalue weighted by Crippen LogP contribution is 2.16. The molecule has 110 valence electrons. The van der Waals surface area contributed by atoms with Gasteiger partial charge in [0.1, 0.15) is 5.82 Å². The molecule has 5 heteroatoms. The summed E-state index contributed by atoms with van der Waals surface area (Å²) < 4.78 is 5.66. The lowest BCUT2D eigenvalue weighted by Crippen LogP contribution is -2.48. The first-order valence-corrected chi connectivity index (χ1v) is 7.20. The standard InChI is InChI=1S/C15H23N3O2/c1-4-5-13-6-12(7-14(16)17-13)15(19)18-8-10(2)20-11(3)9-18/h6-7,10-11H,4-5,8-9H2,1-3H3,(H2,16,17)/t10-,11+. The maximum Gasteiger partial charge on any atom is 0.254 e. The third-order valence-corrected chi connectivity index (χ3v) is 3.36. The van der Waals surface area contributed by atoms with Gasteiger partial charge in [-0.05, 0) is 32.4 Å². The fourth-order valence-electron chi connectivity index (χ4n) is 2.64. The van der Waals surface area contributed by atoms with Gasteiger partial charge in [0.25, 0.3) is 5.91 Å². The van der Waals surface area contributed by atoms with E-state index in [1.54, 1.807) is 6.07 Å². The first-order chi connectivity index (χ1) is 9.49. The van der Waals surface area contributed by atoms with Gasteiger partial charge < -0.3 is 15.4 Å². The Hall–Kier alpha value is -1.62. The monoisotopic (exact) mass is 277 g/mol. The van der Waals surface area contributed by atoms with E-state index in [9.17, 15) is 4.79 Å². The predicted octanol–water partition coefficient (Wildman–Crippen LogP) is 1.87. The van der Waals surface area contributed by atoms with Crippen LogP contribution in [0.1, 0.15) is 43.2 Å². The van der Waals surface area contributed by atoms with Crippen molar-refractivity contribution in [3.63, 3.8) is 0 Å². The summed E-state index contributed by atoms with van der Waals surface area (Å²) in [4.78, 5) is 18.7. The molecule has 1 aliphatic heterocycles. The second kappa shape index (κ2) is 6.22. The lowest BCUT2D eigenvalue weighted by Gasteiger charge is -2.35. The van der Waals surface area contributed by atoms with Gasteiger partial charge >= 0.3 is 0 Å². The Bertz CT molecular complexity index is 480. The van der Waals surface area contributed by atoms with E-state index in [0.29, 0.717) is 24.5 Å². The fourth-order valence-corrected chi connectivity index (χ4v) is 2.64. The van der Waals surface area contributed by atoms with Crippen LogP contribution in [0.15, 0.2) is 12.1 Å². The molecule has 0 saturated carbocycles. The average molecular weight is 277 g/mol. The van der Waals surface area contributed by atoms with E-state index in [-0.39, 0.29) is 18.1 Å². The third kappa shape index (κ3) is 3.48. The van der Waals surface area contributed by atoms with Crippen molar-refractivity contribution in [2.45, 2.75) is 45.8 Å². The second-order valence-corrected chi connectivity index (χ2v) is 5.49. The number of anilines is 1. The molecule has 0 spiro atoms. The summed E-state index contributed by atoms with van der Waals surface area (Å²) in [6.07, 6.45) is 1.95. The second-order valence-electron chi connectivity index (χ2n) is 5.49. The zero-order valence-corrected chi connectivity index (χ0v) is 12.4. The number of hydrogen-bond acceptors (Lipinski definition) is 4. The van der Waals surface area contributed by atoms with Gasteiger partial charge in [-0.15, -0.1) is 0 Å². The quantitative estimate of drug-likeness (QED) is 0.915. The number of morpholine rings is 1. The van der Waals surface area contributed by atoms with Gasteiger partial charge in [0, 0.05) is 24.3 Å². The van der Waals surface area contributed by atoms with E-state index in [1.165, 1.54) is 0 Å². The molecule has 0 bridgehead atoms. The van der Waals surface area contributed by atoms with Crippen LogP contribution >= 0.6 is 0 Å². The molecule has 2 N–H and O–H groups in total. The summed E-state index contributed by atoms with van der Waals surface area (Å²) in [6, 6.07) is 3.51. The number of nitrogens with two attached hydrogens (primary N) is 1. The highest BCUT2D eigenvalue weighted by atomic mass is 16.5. The Morgan fingerprint density at radius 1 is 1.40 bits per heavy atom. The molecule has 1 aromatic rings. The van der Waals surface area contributed by atoms with E-state index in [2.05, 4.69) is 11.9 Å². The number of amides is 1. The minimum Gasteiger partial charge on any atom is -0.384 e. The summed E-state index contributed by atoms with van der Waals surface area (Å²) in [6.45, 7) is 7.29. The summed E-state index contributed by atoms with van der Waals surface area (Å²) in [5.74, 6) is 0.423. The number of ether oxygens (including phenoxy) is 1. The number of aromatic nitrogens is 1. The minimum absolute atomic E-state index is 0.0125. The molecule has 20 heavy (non-hydrogen) atoms.